The average Bonchev–Trinajstić information content (AvgIpc) is 2.58. The Balaban J connectivity index is 2.23. The number of carbonyl (C=O) groups excluding carboxylic acids is 1. The van der Waals surface area contributed by atoms with Crippen LogP contribution in [0.2, 0.25) is 5.02 Å². The van der Waals surface area contributed by atoms with E-state index in [0.717, 1.165) is 16.1 Å². The number of halogens is 1. The zero-order valence-electron chi connectivity index (χ0n) is 14.1. The number of carbonyl (C=O) groups is 1. The second kappa shape index (κ2) is 8.36. The highest BCUT2D eigenvalue weighted by Crippen LogP contribution is 2.22. The molecule has 1 unspecified atom stereocenters. The molecule has 0 aliphatic rings. The molecule has 0 saturated heterocycles. The summed E-state index contributed by atoms with van der Waals surface area (Å²) in [4.78, 5) is 12.7. The lowest BCUT2D eigenvalue weighted by molar-refractivity contribution is -0.122. The predicted octanol–water partition coefficient (Wildman–Crippen LogP) is 3.20. The molecular weight excluding hydrogens is 360 g/mol. The highest BCUT2D eigenvalue weighted by atomic mass is 35.5. The van der Waals surface area contributed by atoms with Crippen LogP contribution in [-0.4, -0.2) is 26.6 Å². The molecule has 2 aromatic carbocycles. The van der Waals surface area contributed by atoms with Crippen LogP contribution in [0, 0.1) is 0 Å². The van der Waals surface area contributed by atoms with Crippen molar-refractivity contribution in [3.8, 4) is 0 Å². The first-order chi connectivity index (χ1) is 11.8. The third kappa shape index (κ3) is 4.96. The average molecular weight is 381 g/mol. The molecule has 1 N–H and O–H groups in total. The monoisotopic (exact) mass is 380 g/mol. The molecule has 25 heavy (non-hydrogen) atoms. The Bertz CT molecular complexity index is 825. The molecule has 1 amide bonds. The number of anilines is 1. The number of hydrogen-bond acceptors (Lipinski definition) is 3. The molecule has 0 saturated carbocycles. The Hall–Kier alpha value is -2.05. The molecule has 2 rings (SSSR count). The molecule has 2 aromatic rings. The molecule has 0 radical (unpaired) electrons. The number of nitrogens with one attached hydrogen (secondary N) is 1. The minimum Gasteiger partial charge on any atom is -0.350 e. The van der Waals surface area contributed by atoms with E-state index in [-0.39, 0.29) is 12.5 Å². The summed E-state index contributed by atoms with van der Waals surface area (Å²) in [5.41, 5.74) is 1.24. The summed E-state index contributed by atoms with van der Waals surface area (Å²) in [6, 6.07) is 15.0. The van der Waals surface area contributed by atoms with E-state index in [4.69, 9.17) is 11.6 Å². The zero-order chi connectivity index (χ0) is 18.4. The zero-order valence-corrected chi connectivity index (χ0v) is 15.7. The third-order valence-corrected chi connectivity index (χ3v) is 5.30. The minimum atomic E-state index is -3.62. The van der Waals surface area contributed by atoms with Gasteiger partial charge >= 0.3 is 0 Å². The highest BCUT2D eigenvalue weighted by molar-refractivity contribution is 7.92. The van der Waals surface area contributed by atoms with Crippen molar-refractivity contribution < 1.29 is 13.2 Å². The topological polar surface area (TPSA) is 66.5 Å². The van der Waals surface area contributed by atoms with Crippen molar-refractivity contribution in [2.75, 3.05) is 10.6 Å². The van der Waals surface area contributed by atoms with Gasteiger partial charge in [0.2, 0.25) is 15.9 Å². The van der Waals surface area contributed by atoms with Crippen LogP contribution < -0.4 is 9.62 Å². The van der Waals surface area contributed by atoms with Crippen molar-refractivity contribution in [2.45, 2.75) is 25.9 Å². The number of sulfonamides is 1. The standard InChI is InChI=1S/C18H21ClN2O3S/c1-3-17(18(22)20-13-14-9-7-8-12-16(14)19)21(25(2,23)24)15-10-5-4-6-11-15/h4-12,17H,3,13H2,1-2H3,(H,20,22). The van der Waals surface area contributed by atoms with Crippen molar-refractivity contribution in [2.24, 2.45) is 0 Å². The lowest BCUT2D eigenvalue weighted by Crippen LogP contribution is -2.49. The number of nitrogens with zero attached hydrogens (tertiary/aromatic N) is 1. The van der Waals surface area contributed by atoms with E-state index in [0.29, 0.717) is 17.1 Å². The third-order valence-electron chi connectivity index (χ3n) is 3.75. The van der Waals surface area contributed by atoms with Gasteiger partial charge in [0.05, 0.1) is 11.9 Å². The molecule has 0 bridgehead atoms. The Morgan fingerprint density at radius 2 is 1.72 bits per heavy atom. The molecule has 0 aromatic heterocycles. The molecule has 0 fully saturated rings. The fraction of sp³-hybridized carbons (Fsp3) is 0.278. The molecular formula is C18H21ClN2O3S. The maximum atomic E-state index is 12.7. The van der Waals surface area contributed by atoms with Crippen molar-refractivity contribution >= 4 is 33.2 Å². The van der Waals surface area contributed by atoms with Crippen LogP contribution in [0.3, 0.4) is 0 Å². The molecule has 0 spiro atoms. The predicted molar refractivity (Wildman–Crippen MR) is 101 cm³/mol. The molecule has 0 aliphatic heterocycles. The summed E-state index contributed by atoms with van der Waals surface area (Å²) in [5.74, 6) is -0.364. The number of para-hydroxylation sites is 1. The van der Waals surface area contributed by atoms with Crippen molar-refractivity contribution in [3.63, 3.8) is 0 Å². The van der Waals surface area contributed by atoms with Crippen LogP contribution in [0.25, 0.3) is 0 Å². The SMILES string of the molecule is CCC(C(=O)NCc1ccccc1Cl)N(c1ccccc1)S(C)(=O)=O. The van der Waals surface area contributed by atoms with Gasteiger partial charge in [0.1, 0.15) is 6.04 Å². The summed E-state index contributed by atoms with van der Waals surface area (Å²) in [6.07, 6.45) is 1.44. The molecule has 1 atom stereocenters. The van der Waals surface area contributed by atoms with E-state index in [1.54, 1.807) is 43.3 Å². The highest BCUT2D eigenvalue weighted by Gasteiger charge is 2.31. The summed E-state index contributed by atoms with van der Waals surface area (Å²) in [6.45, 7) is 2.02. The van der Waals surface area contributed by atoms with Gasteiger partial charge in [-0.3, -0.25) is 9.10 Å². The second-order valence-corrected chi connectivity index (χ2v) is 7.89. The normalized spacial score (nSPS) is 12.4. The maximum Gasteiger partial charge on any atom is 0.244 e. The van der Waals surface area contributed by atoms with Gasteiger partial charge in [0, 0.05) is 11.6 Å². The summed E-state index contributed by atoms with van der Waals surface area (Å²) in [7, 11) is -3.62. The fourth-order valence-corrected chi connectivity index (χ4v) is 3.99. The van der Waals surface area contributed by atoms with Gasteiger partial charge in [0.25, 0.3) is 0 Å². The van der Waals surface area contributed by atoms with E-state index in [1.165, 1.54) is 0 Å². The van der Waals surface area contributed by atoms with Crippen molar-refractivity contribution in [1.82, 2.24) is 5.32 Å². The lowest BCUT2D eigenvalue weighted by atomic mass is 10.1. The van der Waals surface area contributed by atoms with E-state index in [2.05, 4.69) is 5.32 Å². The Labute approximate surface area is 153 Å². The van der Waals surface area contributed by atoms with Crippen molar-refractivity contribution in [1.29, 1.82) is 0 Å². The molecule has 0 aliphatic carbocycles. The lowest BCUT2D eigenvalue weighted by Gasteiger charge is -2.30. The fourth-order valence-electron chi connectivity index (χ4n) is 2.58. The quantitative estimate of drug-likeness (QED) is 0.802. The Morgan fingerprint density at radius 3 is 2.28 bits per heavy atom. The molecule has 134 valence electrons. The molecule has 7 heteroatoms. The minimum absolute atomic E-state index is 0.237. The van der Waals surface area contributed by atoms with Crippen LogP contribution in [0.5, 0.6) is 0 Å². The van der Waals surface area contributed by atoms with Gasteiger partial charge in [-0.2, -0.15) is 0 Å². The summed E-state index contributed by atoms with van der Waals surface area (Å²) in [5, 5.41) is 3.34. The van der Waals surface area contributed by atoms with E-state index >= 15 is 0 Å². The second-order valence-electron chi connectivity index (χ2n) is 5.63. The maximum absolute atomic E-state index is 12.7. The molecule has 5 nitrogen and oxygen atoms in total. The number of benzene rings is 2. The van der Waals surface area contributed by atoms with Gasteiger partial charge in [-0.05, 0) is 30.2 Å². The van der Waals surface area contributed by atoms with Crippen LogP contribution in [0.15, 0.2) is 54.6 Å². The van der Waals surface area contributed by atoms with Gasteiger partial charge < -0.3 is 5.32 Å². The van der Waals surface area contributed by atoms with E-state index < -0.39 is 16.1 Å². The van der Waals surface area contributed by atoms with Crippen LogP contribution in [0.1, 0.15) is 18.9 Å². The summed E-state index contributed by atoms with van der Waals surface area (Å²) >= 11 is 6.09. The Kier molecular flexibility index (Phi) is 6.45. The van der Waals surface area contributed by atoms with E-state index in [9.17, 15) is 13.2 Å². The summed E-state index contributed by atoms with van der Waals surface area (Å²) < 4.78 is 25.7. The van der Waals surface area contributed by atoms with Gasteiger partial charge in [-0.1, -0.05) is 54.9 Å². The van der Waals surface area contributed by atoms with Crippen LogP contribution in [0.4, 0.5) is 5.69 Å². The van der Waals surface area contributed by atoms with Crippen LogP contribution >= 0.6 is 11.6 Å². The first kappa shape index (κ1) is 19.3. The van der Waals surface area contributed by atoms with Crippen LogP contribution in [-0.2, 0) is 21.4 Å². The number of rotatable bonds is 7. The first-order valence-corrected chi connectivity index (χ1v) is 10.1. The smallest absolute Gasteiger partial charge is 0.244 e. The Morgan fingerprint density at radius 1 is 1.12 bits per heavy atom. The first-order valence-electron chi connectivity index (χ1n) is 7.90. The largest absolute Gasteiger partial charge is 0.350 e. The number of hydrogen-bond donors (Lipinski definition) is 1. The van der Waals surface area contributed by atoms with Gasteiger partial charge in [-0.15, -0.1) is 0 Å². The van der Waals surface area contributed by atoms with Gasteiger partial charge in [-0.25, -0.2) is 8.42 Å². The number of amides is 1. The van der Waals surface area contributed by atoms with Crippen molar-refractivity contribution in [3.05, 3.63) is 65.2 Å². The molecule has 0 heterocycles. The van der Waals surface area contributed by atoms with Gasteiger partial charge in [0.15, 0.2) is 0 Å². The van der Waals surface area contributed by atoms with E-state index in [1.807, 2.05) is 18.2 Å².